The number of rotatable bonds is 2. The van der Waals surface area contributed by atoms with Gasteiger partial charge in [-0.05, 0) is 58.8 Å². The Kier molecular flexibility index (Phi) is 3.52. The minimum absolute atomic E-state index is 0.193. The molecule has 0 saturated carbocycles. The molecule has 0 atom stereocenters. The second-order valence-corrected chi connectivity index (χ2v) is 6.82. The third kappa shape index (κ3) is 2.94. The topological polar surface area (TPSA) is 23.1 Å². The highest BCUT2D eigenvalue weighted by atomic mass is 16.5. The van der Waals surface area contributed by atoms with E-state index in [0.29, 0.717) is 5.92 Å². The van der Waals surface area contributed by atoms with E-state index in [1.165, 1.54) is 11.5 Å². The van der Waals surface area contributed by atoms with Crippen molar-refractivity contribution < 1.29 is 5.21 Å². The van der Waals surface area contributed by atoms with Gasteiger partial charge in [0.25, 0.3) is 0 Å². The van der Waals surface area contributed by atoms with Crippen molar-refractivity contribution >= 4 is 0 Å². The van der Waals surface area contributed by atoms with E-state index in [2.05, 4.69) is 41.5 Å². The Bertz CT molecular complexity index is 203. The molecule has 15 heavy (non-hydrogen) atoms. The molecule has 0 aliphatic carbocycles. The van der Waals surface area contributed by atoms with Crippen LogP contribution in [0.3, 0.4) is 0 Å². The van der Waals surface area contributed by atoms with Crippen LogP contribution in [0.5, 0.6) is 0 Å². The molecule has 0 aromatic heterocycles. The predicted molar refractivity (Wildman–Crippen MR) is 62.9 cm³/mol. The first-order chi connectivity index (χ1) is 6.65. The highest BCUT2D eigenvalue weighted by Crippen LogP contribution is 2.42. The average Bonchev–Trinajstić information content (AvgIpc) is 1.97. The molecule has 1 saturated heterocycles. The van der Waals surface area contributed by atoms with E-state index in [4.69, 9.17) is 0 Å². The summed E-state index contributed by atoms with van der Waals surface area (Å²) in [5.41, 5.74) is -0.386. The fourth-order valence-corrected chi connectivity index (χ4v) is 3.30. The van der Waals surface area contributed by atoms with E-state index >= 15 is 0 Å². The summed E-state index contributed by atoms with van der Waals surface area (Å²) in [6, 6.07) is 0. The van der Waals surface area contributed by atoms with Crippen LogP contribution in [0.2, 0.25) is 0 Å². The Morgan fingerprint density at radius 2 is 1.53 bits per heavy atom. The molecule has 0 unspecified atom stereocenters. The molecular weight excluding hydrogens is 186 g/mol. The third-order valence-corrected chi connectivity index (χ3v) is 3.48. The van der Waals surface area contributed by atoms with Gasteiger partial charge in [-0.3, -0.25) is 0 Å². The second kappa shape index (κ2) is 4.06. The van der Waals surface area contributed by atoms with E-state index < -0.39 is 0 Å². The summed E-state index contributed by atoms with van der Waals surface area (Å²) in [5.74, 6) is 1.44. The van der Waals surface area contributed by atoms with Crippen molar-refractivity contribution in [3.8, 4) is 0 Å². The summed E-state index contributed by atoms with van der Waals surface area (Å²) < 4.78 is 0. The first-order valence-corrected chi connectivity index (χ1v) is 6.12. The molecule has 0 spiro atoms. The maximum absolute atomic E-state index is 12.1. The van der Waals surface area contributed by atoms with E-state index in [0.717, 1.165) is 18.8 Å². The van der Waals surface area contributed by atoms with Crippen molar-refractivity contribution in [2.45, 2.75) is 71.9 Å². The molecule has 1 heterocycles. The Morgan fingerprint density at radius 1 is 1.13 bits per heavy atom. The van der Waals surface area contributed by atoms with Gasteiger partial charge in [0.15, 0.2) is 0 Å². The summed E-state index contributed by atoms with van der Waals surface area (Å²) in [7, 11) is 0. The lowest BCUT2D eigenvalue weighted by Gasteiger charge is -2.50. The molecule has 1 rings (SSSR count). The highest BCUT2D eigenvalue weighted by molar-refractivity contribution is 4.95. The molecule has 1 aliphatic rings. The summed E-state index contributed by atoms with van der Waals surface area (Å²) >= 11 is 0. The number of piperidine rings is 1. The van der Waals surface area contributed by atoms with Gasteiger partial charge in [0, 0.05) is 11.1 Å². The Balaban J connectivity index is 2.75. The van der Waals surface area contributed by atoms with Crippen LogP contribution in [0.15, 0.2) is 0 Å². The Hall–Kier alpha value is -0.0800. The summed E-state index contributed by atoms with van der Waals surface area (Å²) in [6.45, 7) is 12.8. The summed E-state index contributed by atoms with van der Waals surface area (Å²) in [4.78, 5) is 0. The summed E-state index contributed by atoms with van der Waals surface area (Å²) in [6.07, 6.45) is 3.33. The fourth-order valence-electron chi connectivity index (χ4n) is 3.30. The molecule has 1 aliphatic heterocycles. The standard InChI is InChI=1S/C13H26NO/c1-10(2)7-11-8-12(3,4)14(15)13(5,6)9-11/h10-11H,7-9H2,1-6H3. The van der Waals surface area contributed by atoms with Gasteiger partial charge in [0.2, 0.25) is 0 Å². The van der Waals surface area contributed by atoms with Crippen molar-refractivity contribution in [1.29, 1.82) is 0 Å². The minimum Gasteiger partial charge on any atom is -0.144 e. The lowest BCUT2D eigenvalue weighted by molar-refractivity contribution is -0.294. The SMILES string of the molecule is CC(C)CC1CC(C)(C)N([O])C(C)(C)C1. The molecular formula is C13H26NO. The lowest BCUT2D eigenvalue weighted by atomic mass is 9.73. The predicted octanol–water partition coefficient (Wildman–Crippen LogP) is 3.65. The number of nitrogens with zero attached hydrogens (tertiary/aromatic N) is 1. The summed E-state index contributed by atoms with van der Waals surface area (Å²) in [5, 5.41) is 13.4. The molecule has 2 nitrogen and oxygen atoms in total. The molecule has 1 fully saturated rings. The smallest absolute Gasteiger partial charge is 0.0446 e. The zero-order valence-electron chi connectivity index (χ0n) is 11.1. The number of hydroxylamine groups is 2. The Morgan fingerprint density at radius 3 is 1.87 bits per heavy atom. The molecule has 0 bridgehead atoms. The minimum atomic E-state index is -0.193. The molecule has 89 valence electrons. The van der Waals surface area contributed by atoms with Crippen LogP contribution >= 0.6 is 0 Å². The van der Waals surface area contributed by atoms with Gasteiger partial charge in [0.1, 0.15) is 0 Å². The maximum atomic E-state index is 12.1. The van der Waals surface area contributed by atoms with Crippen LogP contribution in [0.25, 0.3) is 0 Å². The van der Waals surface area contributed by atoms with E-state index in [9.17, 15) is 5.21 Å². The van der Waals surface area contributed by atoms with Crippen LogP contribution in [0.4, 0.5) is 0 Å². The third-order valence-electron chi connectivity index (χ3n) is 3.48. The number of hydrogen-bond donors (Lipinski definition) is 0. The molecule has 0 N–H and O–H groups in total. The van der Waals surface area contributed by atoms with Gasteiger partial charge < -0.3 is 0 Å². The van der Waals surface area contributed by atoms with Gasteiger partial charge in [-0.1, -0.05) is 13.8 Å². The van der Waals surface area contributed by atoms with Gasteiger partial charge in [-0.25, -0.2) is 0 Å². The second-order valence-electron chi connectivity index (χ2n) is 6.82. The number of hydrogen-bond acceptors (Lipinski definition) is 1. The quantitative estimate of drug-likeness (QED) is 0.685. The van der Waals surface area contributed by atoms with Gasteiger partial charge in [-0.15, -0.1) is 10.3 Å². The van der Waals surface area contributed by atoms with Gasteiger partial charge in [0.05, 0.1) is 0 Å². The molecule has 0 amide bonds. The van der Waals surface area contributed by atoms with E-state index in [1.807, 2.05) is 0 Å². The monoisotopic (exact) mass is 212 g/mol. The first-order valence-electron chi connectivity index (χ1n) is 6.12. The van der Waals surface area contributed by atoms with Crippen LogP contribution in [-0.2, 0) is 5.21 Å². The maximum Gasteiger partial charge on any atom is 0.0446 e. The average molecular weight is 212 g/mol. The van der Waals surface area contributed by atoms with Crippen LogP contribution < -0.4 is 0 Å². The van der Waals surface area contributed by atoms with Gasteiger partial charge in [-0.2, -0.15) is 0 Å². The lowest BCUT2D eigenvalue weighted by Crippen LogP contribution is -2.58. The highest BCUT2D eigenvalue weighted by Gasteiger charge is 2.45. The van der Waals surface area contributed by atoms with Crippen LogP contribution in [0, 0.1) is 11.8 Å². The zero-order chi connectivity index (χ0) is 11.9. The molecule has 0 aromatic carbocycles. The van der Waals surface area contributed by atoms with Crippen molar-refractivity contribution in [2.75, 3.05) is 0 Å². The molecule has 2 heteroatoms. The van der Waals surface area contributed by atoms with Crippen molar-refractivity contribution in [1.82, 2.24) is 5.06 Å². The largest absolute Gasteiger partial charge is 0.144 e. The fraction of sp³-hybridized carbons (Fsp3) is 1.00. The first kappa shape index (κ1) is 13.0. The van der Waals surface area contributed by atoms with Crippen molar-refractivity contribution in [2.24, 2.45) is 11.8 Å². The molecule has 1 radical (unpaired) electrons. The zero-order valence-corrected chi connectivity index (χ0v) is 11.1. The Labute approximate surface area is 94.6 Å². The van der Waals surface area contributed by atoms with E-state index in [-0.39, 0.29) is 11.1 Å². The van der Waals surface area contributed by atoms with Crippen molar-refractivity contribution in [3.63, 3.8) is 0 Å². The normalized spacial score (nSPS) is 27.2. The van der Waals surface area contributed by atoms with Crippen LogP contribution in [0.1, 0.15) is 60.8 Å². The van der Waals surface area contributed by atoms with Crippen molar-refractivity contribution in [3.05, 3.63) is 0 Å². The van der Waals surface area contributed by atoms with E-state index in [1.54, 1.807) is 0 Å². The van der Waals surface area contributed by atoms with Crippen LogP contribution in [-0.4, -0.2) is 16.1 Å². The van der Waals surface area contributed by atoms with Gasteiger partial charge >= 0.3 is 0 Å². The molecule has 0 aromatic rings.